The minimum absolute atomic E-state index is 0.125. The van der Waals surface area contributed by atoms with Gasteiger partial charge in [-0.15, -0.1) is 6.58 Å². The summed E-state index contributed by atoms with van der Waals surface area (Å²) < 4.78 is 67.1. The monoisotopic (exact) mass is 488 g/mol. The number of nitrogens with zero attached hydrogens (tertiary/aromatic N) is 3. The van der Waals surface area contributed by atoms with Crippen molar-refractivity contribution in [2.24, 2.45) is 0 Å². The maximum Gasteiger partial charge on any atom is 0.371 e. The molecule has 0 saturated heterocycles. The molecule has 2 aromatic carbocycles. The first-order valence-corrected chi connectivity index (χ1v) is 11.2. The van der Waals surface area contributed by atoms with Crippen LogP contribution in [0.1, 0.15) is 38.4 Å². The third-order valence-corrected chi connectivity index (χ3v) is 5.80. The maximum absolute atomic E-state index is 16.2. The maximum atomic E-state index is 16.2. The molecule has 1 unspecified atom stereocenters. The van der Waals surface area contributed by atoms with Gasteiger partial charge in [0.2, 0.25) is 0 Å². The first kappa shape index (κ1) is 24.6. The molecule has 1 atom stereocenters. The molecule has 0 fully saturated rings. The molecule has 5 nitrogen and oxygen atoms in total. The topological polar surface area (TPSA) is 42.3 Å². The second-order valence-electron chi connectivity index (χ2n) is 9.55. The fourth-order valence-corrected chi connectivity index (χ4v) is 4.36. The number of alkyl halides is 2. The Kier molecular flexibility index (Phi) is 6.29. The van der Waals surface area contributed by atoms with Gasteiger partial charge in [-0.3, -0.25) is 0 Å². The van der Waals surface area contributed by atoms with E-state index in [1.807, 2.05) is 20.8 Å². The highest BCUT2D eigenvalue weighted by Gasteiger charge is 2.52. The quantitative estimate of drug-likeness (QED) is 0.247. The van der Waals surface area contributed by atoms with Crippen LogP contribution in [0.25, 0.3) is 5.69 Å². The molecule has 0 spiro atoms. The van der Waals surface area contributed by atoms with E-state index in [-0.39, 0.29) is 29.9 Å². The molecule has 0 bridgehead atoms. The molecule has 35 heavy (non-hydrogen) atoms. The second kappa shape index (κ2) is 8.94. The molecule has 0 radical (unpaired) electrons. The van der Waals surface area contributed by atoms with Crippen molar-refractivity contribution in [2.75, 3.05) is 17.3 Å². The van der Waals surface area contributed by atoms with Gasteiger partial charge >= 0.3 is 6.05 Å². The average molecular weight is 489 g/mol. The smallest absolute Gasteiger partial charge is 0.371 e. The highest BCUT2D eigenvalue weighted by molar-refractivity contribution is 5.62. The minimum Gasteiger partial charge on any atom is -0.497 e. The van der Waals surface area contributed by atoms with E-state index in [0.29, 0.717) is 17.5 Å². The van der Waals surface area contributed by atoms with Crippen molar-refractivity contribution in [1.29, 1.82) is 0 Å². The Balaban J connectivity index is 1.93. The first-order chi connectivity index (χ1) is 16.5. The summed E-state index contributed by atoms with van der Waals surface area (Å²) >= 11 is 0. The molecular weight excluding hydrogens is 460 g/mol. The number of anilines is 2. The van der Waals surface area contributed by atoms with Crippen LogP contribution in [0.2, 0.25) is 0 Å². The van der Waals surface area contributed by atoms with Crippen molar-refractivity contribution in [1.82, 2.24) is 9.78 Å². The van der Waals surface area contributed by atoms with E-state index < -0.39 is 35.0 Å². The van der Waals surface area contributed by atoms with Gasteiger partial charge in [0.1, 0.15) is 23.1 Å². The van der Waals surface area contributed by atoms with E-state index in [4.69, 9.17) is 4.74 Å². The van der Waals surface area contributed by atoms with Crippen molar-refractivity contribution in [3.8, 4) is 11.4 Å². The van der Waals surface area contributed by atoms with E-state index >= 15 is 8.78 Å². The van der Waals surface area contributed by atoms with Gasteiger partial charge in [0.25, 0.3) is 0 Å². The Hall–Kier alpha value is -3.49. The number of rotatable bonds is 6. The minimum atomic E-state index is -3.52. The Morgan fingerprint density at radius 1 is 1.17 bits per heavy atom. The lowest BCUT2D eigenvalue weighted by Crippen LogP contribution is -2.51. The summed E-state index contributed by atoms with van der Waals surface area (Å²) in [5, 5.41) is 7.42. The van der Waals surface area contributed by atoms with Crippen LogP contribution >= 0.6 is 0 Å². The second-order valence-corrected chi connectivity index (χ2v) is 9.55. The van der Waals surface area contributed by atoms with Crippen LogP contribution in [0, 0.1) is 11.6 Å². The summed E-state index contributed by atoms with van der Waals surface area (Å²) in [6.07, 6.45) is 2.10. The number of hydrogen-bond donors (Lipinski definition) is 1. The largest absolute Gasteiger partial charge is 0.497 e. The zero-order valence-electron chi connectivity index (χ0n) is 20.1. The van der Waals surface area contributed by atoms with Crippen molar-refractivity contribution < 1.29 is 22.3 Å². The molecular formula is C26H28F4N4O. The van der Waals surface area contributed by atoms with Crippen molar-refractivity contribution >= 4 is 11.5 Å². The molecule has 186 valence electrons. The molecule has 2 heterocycles. The zero-order chi connectivity index (χ0) is 25.5. The lowest BCUT2D eigenvalue weighted by Gasteiger charge is -2.42. The predicted octanol–water partition coefficient (Wildman–Crippen LogP) is 6.43. The van der Waals surface area contributed by atoms with Gasteiger partial charge in [-0.1, -0.05) is 6.08 Å². The number of methoxy groups -OCH3 is 1. The highest BCUT2D eigenvalue weighted by Crippen LogP contribution is 2.47. The van der Waals surface area contributed by atoms with E-state index in [0.717, 1.165) is 15.6 Å². The standard InChI is InChI=1S/C26H28F4N4O/c1-6-7-18-15-20-23(26(29,30)33(18)17-9-11-19(35-5)12-10-17)32-34(24(20)31-25(2,3)4)22-13-8-16(27)14-21(22)28/h6,8-14,18,31H,1,7,15H2,2-5H3. The molecule has 1 N–H and O–H groups in total. The Morgan fingerprint density at radius 2 is 1.86 bits per heavy atom. The number of hydrogen-bond acceptors (Lipinski definition) is 4. The van der Waals surface area contributed by atoms with E-state index in [2.05, 4.69) is 17.0 Å². The van der Waals surface area contributed by atoms with Gasteiger partial charge in [-0.25, -0.2) is 13.5 Å². The Morgan fingerprint density at radius 3 is 2.43 bits per heavy atom. The Labute approximate surface area is 202 Å². The summed E-state index contributed by atoms with van der Waals surface area (Å²) in [4.78, 5) is 1.02. The molecule has 0 amide bonds. The van der Waals surface area contributed by atoms with Crippen LogP contribution in [0.15, 0.2) is 55.1 Å². The summed E-state index contributed by atoms with van der Waals surface area (Å²) in [7, 11) is 1.50. The van der Waals surface area contributed by atoms with Gasteiger partial charge < -0.3 is 15.0 Å². The number of fused-ring (bicyclic) bond motifs is 1. The summed E-state index contributed by atoms with van der Waals surface area (Å²) in [6.45, 7) is 9.35. The summed E-state index contributed by atoms with van der Waals surface area (Å²) in [5.74, 6) is -0.876. The van der Waals surface area contributed by atoms with Crippen LogP contribution in [0.3, 0.4) is 0 Å². The van der Waals surface area contributed by atoms with Crippen molar-refractivity contribution in [3.05, 3.63) is 78.0 Å². The molecule has 3 aromatic rings. The fourth-order valence-electron chi connectivity index (χ4n) is 4.36. The highest BCUT2D eigenvalue weighted by atomic mass is 19.3. The van der Waals surface area contributed by atoms with Crippen LogP contribution < -0.4 is 15.0 Å². The third-order valence-electron chi connectivity index (χ3n) is 5.80. The molecule has 1 aliphatic heterocycles. The van der Waals surface area contributed by atoms with Crippen molar-refractivity contribution in [3.63, 3.8) is 0 Å². The van der Waals surface area contributed by atoms with Gasteiger partial charge in [-0.2, -0.15) is 13.9 Å². The number of halogens is 4. The number of ether oxygens (including phenoxy) is 1. The molecule has 0 aliphatic carbocycles. The van der Waals surface area contributed by atoms with Crippen LogP contribution in [-0.2, 0) is 12.5 Å². The van der Waals surface area contributed by atoms with Gasteiger partial charge in [0.15, 0.2) is 11.5 Å². The zero-order valence-corrected chi connectivity index (χ0v) is 20.1. The number of aromatic nitrogens is 2. The van der Waals surface area contributed by atoms with Crippen LogP contribution in [-0.4, -0.2) is 28.5 Å². The van der Waals surface area contributed by atoms with Gasteiger partial charge in [0, 0.05) is 28.9 Å². The van der Waals surface area contributed by atoms with E-state index in [1.165, 1.54) is 13.2 Å². The summed E-state index contributed by atoms with van der Waals surface area (Å²) in [5.41, 5.74) is -0.576. The Bertz CT molecular complexity index is 1230. The van der Waals surface area contributed by atoms with Gasteiger partial charge in [0.05, 0.1) is 7.11 Å². The fraction of sp³-hybridized carbons (Fsp3) is 0.346. The van der Waals surface area contributed by atoms with Crippen molar-refractivity contribution in [2.45, 2.75) is 51.2 Å². The number of benzene rings is 2. The van der Waals surface area contributed by atoms with Gasteiger partial charge in [-0.05, 0) is 70.0 Å². The third kappa shape index (κ3) is 4.59. The summed E-state index contributed by atoms with van der Waals surface area (Å²) in [6, 6.07) is 5.18. The average Bonchev–Trinajstić information content (AvgIpc) is 3.11. The molecule has 0 saturated carbocycles. The van der Waals surface area contributed by atoms with Crippen LogP contribution in [0.4, 0.5) is 29.1 Å². The molecule has 4 rings (SSSR count). The number of nitrogens with one attached hydrogen (secondary N) is 1. The lowest BCUT2D eigenvalue weighted by molar-refractivity contribution is -0.0278. The van der Waals surface area contributed by atoms with Crippen LogP contribution in [0.5, 0.6) is 5.75 Å². The normalized spacial score (nSPS) is 17.1. The molecule has 1 aromatic heterocycles. The first-order valence-electron chi connectivity index (χ1n) is 11.2. The van der Waals surface area contributed by atoms with E-state index in [9.17, 15) is 8.78 Å². The SMILES string of the molecule is C=CCC1Cc2c(nn(-c3ccc(F)cc3F)c2NC(C)(C)C)C(F)(F)N1c1ccc(OC)cc1. The lowest BCUT2D eigenvalue weighted by atomic mass is 9.93. The molecule has 1 aliphatic rings. The molecule has 9 heteroatoms. The predicted molar refractivity (Wildman–Crippen MR) is 129 cm³/mol. The van der Waals surface area contributed by atoms with E-state index in [1.54, 1.807) is 30.3 Å².